The van der Waals surface area contributed by atoms with E-state index < -0.39 is 6.10 Å². The van der Waals surface area contributed by atoms with E-state index in [-0.39, 0.29) is 18.3 Å². The number of urea groups is 1. The average Bonchev–Trinajstić information content (AvgIpc) is 2.90. The molecule has 27 heavy (non-hydrogen) atoms. The lowest BCUT2D eigenvalue weighted by molar-refractivity contribution is 0.123. The first-order valence-corrected chi connectivity index (χ1v) is 9.63. The highest BCUT2D eigenvalue weighted by Crippen LogP contribution is 2.22. The van der Waals surface area contributed by atoms with Crippen LogP contribution in [0.4, 0.5) is 4.79 Å². The van der Waals surface area contributed by atoms with Crippen molar-refractivity contribution in [3.8, 4) is 5.75 Å². The van der Waals surface area contributed by atoms with Crippen molar-refractivity contribution in [2.45, 2.75) is 51.7 Å². The van der Waals surface area contributed by atoms with Gasteiger partial charge in [0, 0.05) is 12.2 Å². The number of nitrogens with zero attached hydrogens (tertiary/aromatic N) is 2. The quantitative estimate of drug-likeness (QED) is 0.586. The maximum atomic E-state index is 12.6. The molecule has 146 valence electrons. The highest BCUT2D eigenvalue weighted by molar-refractivity contribution is 5.74. The van der Waals surface area contributed by atoms with Gasteiger partial charge in [-0.15, -0.1) is 0 Å². The first-order chi connectivity index (χ1) is 13.1. The van der Waals surface area contributed by atoms with E-state index in [1.54, 1.807) is 23.1 Å². The molecule has 1 aliphatic carbocycles. The highest BCUT2D eigenvalue weighted by Gasteiger charge is 2.20. The number of aromatic amines is 1. The van der Waals surface area contributed by atoms with E-state index in [9.17, 15) is 15.0 Å². The second-order valence-corrected chi connectivity index (χ2v) is 7.00. The average molecular weight is 372 g/mol. The van der Waals surface area contributed by atoms with Gasteiger partial charge in [-0.1, -0.05) is 18.6 Å². The number of aryl methyl sites for hydroxylation is 1. The minimum absolute atomic E-state index is 0.0956. The molecular formula is C20H28N4O3. The molecule has 0 saturated carbocycles. The summed E-state index contributed by atoms with van der Waals surface area (Å²) in [5.41, 5.74) is 3.93. The van der Waals surface area contributed by atoms with Crippen molar-refractivity contribution in [1.82, 2.24) is 20.4 Å². The van der Waals surface area contributed by atoms with Gasteiger partial charge in [-0.3, -0.25) is 5.10 Å². The number of aromatic hydroxyl groups is 1. The number of likely N-dealkylation sites (N-methyl/N-ethyl adjacent to an activating group) is 1. The Hall–Kier alpha value is -2.54. The lowest BCUT2D eigenvalue weighted by Crippen LogP contribution is -2.41. The molecule has 7 nitrogen and oxygen atoms in total. The Morgan fingerprint density at radius 1 is 1.33 bits per heavy atom. The molecule has 0 bridgehead atoms. The SMILES string of the molecule is CCN(C[C@@H](O)c1cccc(O)c1)C(=O)NCc1n[nH]c2c1CCCCC2. The minimum atomic E-state index is -0.857. The number of hydrogen-bond donors (Lipinski definition) is 4. The van der Waals surface area contributed by atoms with Crippen LogP contribution in [0.15, 0.2) is 24.3 Å². The van der Waals surface area contributed by atoms with E-state index in [0.29, 0.717) is 18.7 Å². The van der Waals surface area contributed by atoms with E-state index in [0.717, 1.165) is 25.0 Å². The van der Waals surface area contributed by atoms with Crippen LogP contribution in [-0.4, -0.2) is 44.4 Å². The molecular weight excluding hydrogens is 344 g/mol. The summed E-state index contributed by atoms with van der Waals surface area (Å²) in [6, 6.07) is 6.23. The lowest BCUT2D eigenvalue weighted by Gasteiger charge is -2.24. The Morgan fingerprint density at radius 2 is 2.15 bits per heavy atom. The molecule has 0 unspecified atom stereocenters. The van der Waals surface area contributed by atoms with Crippen LogP contribution in [0, 0.1) is 0 Å². The van der Waals surface area contributed by atoms with Crippen LogP contribution in [0.3, 0.4) is 0 Å². The second kappa shape index (κ2) is 8.90. The summed E-state index contributed by atoms with van der Waals surface area (Å²) >= 11 is 0. The molecule has 0 saturated heterocycles. The maximum absolute atomic E-state index is 12.6. The van der Waals surface area contributed by atoms with E-state index in [1.165, 1.54) is 30.2 Å². The van der Waals surface area contributed by atoms with E-state index in [2.05, 4.69) is 15.5 Å². The number of benzene rings is 1. The van der Waals surface area contributed by atoms with Gasteiger partial charge >= 0.3 is 6.03 Å². The number of carbonyl (C=O) groups excluding carboxylic acids is 1. The Kier molecular flexibility index (Phi) is 6.34. The van der Waals surface area contributed by atoms with Gasteiger partial charge in [-0.05, 0) is 55.9 Å². The number of H-pyrrole nitrogens is 1. The largest absolute Gasteiger partial charge is 0.508 e. The number of fused-ring (bicyclic) bond motifs is 1. The van der Waals surface area contributed by atoms with Crippen LogP contribution in [0.25, 0.3) is 0 Å². The first kappa shape index (κ1) is 19.2. The highest BCUT2D eigenvalue weighted by atomic mass is 16.3. The number of carbonyl (C=O) groups is 1. The predicted octanol–water partition coefficient (Wildman–Crippen LogP) is 2.65. The summed E-state index contributed by atoms with van der Waals surface area (Å²) in [4.78, 5) is 14.1. The fraction of sp³-hybridized carbons (Fsp3) is 0.500. The van der Waals surface area contributed by atoms with Crippen molar-refractivity contribution < 1.29 is 15.0 Å². The standard InChI is InChI=1S/C20H28N4O3/c1-2-24(13-19(26)14-7-6-8-15(25)11-14)20(27)21-12-18-16-9-4-3-5-10-17(16)22-23-18/h6-8,11,19,25-26H,2-5,9-10,12-13H2,1H3,(H,21,27)(H,22,23)/t19-/m1/s1. The number of phenols is 1. The van der Waals surface area contributed by atoms with Gasteiger partial charge in [0.2, 0.25) is 0 Å². The summed E-state index contributed by atoms with van der Waals surface area (Å²) in [6.45, 7) is 2.88. The normalized spacial score (nSPS) is 14.9. The van der Waals surface area contributed by atoms with Crippen molar-refractivity contribution in [1.29, 1.82) is 0 Å². The van der Waals surface area contributed by atoms with Crippen molar-refractivity contribution >= 4 is 6.03 Å². The van der Waals surface area contributed by atoms with Crippen LogP contribution in [0.5, 0.6) is 5.75 Å². The molecule has 3 rings (SSSR count). The molecule has 2 amide bonds. The predicted molar refractivity (Wildman–Crippen MR) is 102 cm³/mol. The Balaban J connectivity index is 1.58. The number of rotatable bonds is 6. The summed E-state index contributed by atoms with van der Waals surface area (Å²) in [5, 5.41) is 30.4. The number of amides is 2. The molecule has 0 spiro atoms. The smallest absolute Gasteiger partial charge is 0.317 e. The molecule has 7 heteroatoms. The fourth-order valence-corrected chi connectivity index (χ4v) is 3.55. The van der Waals surface area contributed by atoms with Crippen LogP contribution in [0.2, 0.25) is 0 Å². The summed E-state index contributed by atoms with van der Waals surface area (Å²) in [7, 11) is 0. The van der Waals surface area contributed by atoms with Gasteiger partial charge in [0.1, 0.15) is 5.75 Å². The zero-order valence-electron chi connectivity index (χ0n) is 15.7. The molecule has 0 radical (unpaired) electrons. The van der Waals surface area contributed by atoms with Gasteiger partial charge in [-0.2, -0.15) is 5.10 Å². The van der Waals surface area contributed by atoms with Crippen LogP contribution < -0.4 is 5.32 Å². The zero-order chi connectivity index (χ0) is 19.2. The van der Waals surface area contributed by atoms with Gasteiger partial charge in [-0.25, -0.2) is 4.79 Å². The monoisotopic (exact) mass is 372 g/mol. The molecule has 1 aromatic carbocycles. The Labute approximate surface area is 159 Å². The second-order valence-electron chi connectivity index (χ2n) is 7.00. The van der Waals surface area contributed by atoms with Crippen LogP contribution in [-0.2, 0) is 19.4 Å². The summed E-state index contributed by atoms with van der Waals surface area (Å²) in [6.07, 6.45) is 4.73. The van der Waals surface area contributed by atoms with Crippen molar-refractivity contribution in [3.05, 3.63) is 46.8 Å². The first-order valence-electron chi connectivity index (χ1n) is 9.63. The summed E-state index contributed by atoms with van der Waals surface area (Å²) < 4.78 is 0. The number of aliphatic hydroxyl groups is 1. The number of nitrogens with one attached hydrogen (secondary N) is 2. The topological polar surface area (TPSA) is 101 Å². The van der Waals surface area contributed by atoms with E-state index in [1.807, 2.05) is 6.92 Å². The van der Waals surface area contributed by atoms with Crippen molar-refractivity contribution in [2.75, 3.05) is 13.1 Å². The molecule has 2 aromatic rings. The molecule has 1 aromatic heterocycles. The third-order valence-corrected chi connectivity index (χ3v) is 5.12. The number of hydrogen-bond acceptors (Lipinski definition) is 4. The minimum Gasteiger partial charge on any atom is -0.508 e. The molecule has 1 heterocycles. The maximum Gasteiger partial charge on any atom is 0.317 e. The summed E-state index contributed by atoms with van der Waals surface area (Å²) in [5.74, 6) is 0.0956. The van der Waals surface area contributed by atoms with Gasteiger partial charge in [0.15, 0.2) is 0 Å². The van der Waals surface area contributed by atoms with Crippen LogP contribution >= 0.6 is 0 Å². The Morgan fingerprint density at radius 3 is 2.93 bits per heavy atom. The fourth-order valence-electron chi connectivity index (χ4n) is 3.55. The van der Waals surface area contributed by atoms with Crippen LogP contribution in [0.1, 0.15) is 54.8 Å². The van der Waals surface area contributed by atoms with Crippen molar-refractivity contribution in [2.24, 2.45) is 0 Å². The number of aliphatic hydroxyl groups excluding tert-OH is 1. The third kappa shape index (κ3) is 4.80. The van der Waals surface area contributed by atoms with Gasteiger partial charge < -0.3 is 20.4 Å². The lowest BCUT2D eigenvalue weighted by atomic mass is 10.1. The zero-order valence-corrected chi connectivity index (χ0v) is 15.7. The number of phenolic OH excluding ortho intramolecular Hbond substituents is 1. The van der Waals surface area contributed by atoms with Crippen molar-refractivity contribution in [3.63, 3.8) is 0 Å². The molecule has 1 atom stereocenters. The molecule has 1 aliphatic rings. The molecule has 0 fully saturated rings. The number of aromatic nitrogens is 2. The third-order valence-electron chi connectivity index (χ3n) is 5.12. The van der Waals surface area contributed by atoms with Gasteiger partial charge in [0.25, 0.3) is 0 Å². The van der Waals surface area contributed by atoms with E-state index >= 15 is 0 Å². The van der Waals surface area contributed by atoms with E-state index in [4.69, 9.17) is 0 Å². The van der Waals surface area contributed by atoms with Gasteiger partial charge in [0.05, 0.1) is 24.9 Å². The molecule has 4 N–H and O–H groups in total. The molecule has 0 aliphatic heterocycles. The Bertz CT molecular complexity index is 774.